The molecule has 0 aromatic heterocycles. The minimum atomic E-state index is -1.30. The standard InChI is InChI=1S/C6H8O2Si2/c1-2-4-6(5-3-1)10-7-9-8-10/h1-5,10H,9H2. The molecule has 1 aliphatic heterocycles. The van der Waals surface area contributed by atoms with Crippen molar-refractivity contribution in [3.8, 4) is 0 Å². The van der Waals surface area contributed by atoms with E-state index in [2.05, 4.69) is 12.1 Å². The molecular formula is C6H8O2Si2. The average molecular weight is 168 g/mol. The van der Waals surface area contributed by atoms with E-state index in [-0.39, 0.29) is 0 Å². The lowest BCUT2D eigenvalue weighted by molar-refractivity contribution is 0.327. The van der Waals surface area contributed by atoms with Gasteiger partial charge in [0.25, 0.3) is 10.0 Å². The van der Waals surface area contributed by atoms with Crippen molar-refractivity contribution in [2.45, 2.75) is 0 Å². The monoisotopic (exact) mass is 168 g/mol. The Morgan fingerprint density at radius 1 is 1.10 bits per heavy atom. The van der Waals surface area contributed by atoms with Crippen LogP contribution in [0.5, 0.6) is 0 Å². The highest BCUT2D eigenvalue weighted by Gasteiger charge is 2.23. The molecule has 0 radical (unpaired) electrons. The molecule has 0 N–H and O–H groups in total. The van der Waals surface area contributed by atoms with Gasteiger partial charge in [0, 0.05) is 0 Å². The first-order valence-corrected chi connectivity index (χ1v) is 5.92. The van der Waals surface area contributed by atoms with Gasteiger partial charge in [-0.1, -0.05) is 30.3 Å². The lowest BCUT2D eigenvalue weighted by Gasteiger charge is -2.25. The van der Waals surface area contributed by atoms with Crippen molar-refractivity contribution in [3.63, 3.8) is 0 Å². The average Bonchev–Trinajstić information content (AvgIpc) is 1.86. The molecule has 4 heteroatoms. The first-order valence-electron chi connectivity index (χ1n) is 3.25. The van der Waals surface area contributed by atoms with Gasteiger partial charge in [-0.05, 0) is 5.19 Å². The van der Waals surface area contributed by atoms with Crippen LogP contribution in [0.2, 0.25) is 0 Å². The van der Waals surface area contributed by atoms with Gasteiger partial charge in [0.15, 0.2) is 0 Å². The largest absolute Gasteiger partial charge is 0.419 e. The summed E-state index contributed by atoms with van der Waals surface area (Å²) >= 11 is 0. The predicted octanol–water partition coefficient (Wildman–Crippen LogP) is -0.840. The van der Waals surface area contributed by atoms with E-state index >= 15 is 0 Å². The van der Waals surface area contributed by atoms with E-state index < -0.39 is 19.3 Å². The van der Waals surface area contributed by atoms with Crippen LogP contribution in [0.1, 0.15) is 0 Å². The van der Waals surface area contributed by atoms with Crippen molar-refractivity contribution in [1.82, 2.24) is 0 Å². The van der Waals surface area contributed by atoms with Gasteiger partial charge < -0.3 is 8.23 Å². The van der Waals surface area contributed by atoms with E-state index in [1.54, 1.807) is 0 Å². The second-order valence-corrected chi connectivity index (χ2v) is 6.43. The maximum Gasteiger partial charge on any atom is 0.337 e. The zero-order chi connectivity index (χ0) is 6.81. The molecule has 1 aliphatic rings. The van der Waals surface area contributed by atoms with Gasteiger partial charge in [-0.2, -0.15) is 0 Å². The SMILES string of the molecule is c1ccc([SiH]2O[SiH2]O2)cc1. The highest BCUT2D eigenvalue weighted by Crippen LogP contribution is 1.99. The van der Waals surface area contributed by atoms with Crippen molar-refractivity contribution in [1.29, 1.82) is 0 Å². The highest BCUT2D eigenvalue weighted by molar-refractivity contribution is 6.74. The van der Waals surface area contributed by atoms with Crippen LogP contribution in [0.15, 0.2) is 30.3 Å². The van der Waals surface area contributed by atoms with Crippen LogP contribution in [-0.2, 0) is 8.23 Å². The van der Waals surface area contributed by atoms with Gasteiger partial charge in [0.2, 0.25) is 0 Å². The van der Waals surface area contributed by atoms with Crippen LogP contribution in [0.3, 0.4) is 0 Å². The van der Waals surface area contributed by atoms with Crippen molar-refractivity contribution < 1.29 is 8.23 Å². The summed E-state index contributed by atoms with van der Waals surface area (Å²) in [5, 5.41) is 1.27. The van der Waals surface area contributed by atoms with Gasteiger partial charge in [0.1, 0.15) is 0 Å². The molecule has 0 atom stereocenters. The van der Waals surface area contributed by atoms with Crippen molar-refractivity contribution in [2.24, 2.45) is 0 Å². The molecule has 2 rings (SSSR count). The van der Waals surface area contributed by atoms with E-state index in [1.807, 2.05) is 18.2 Å². The summed E-state index contributed by atoms with van der Waals surface area (Å²) in [6.07, 6.45) is 0. The second-order valence-electron chi connectivity index (χ2n) is 2.19. The molecular weight excluding hydrogens is 160 g/mol. The van der Waals surface area contributed by atoms with E-state index in [4.69, 9.17) is 8.23 Å². The lowest BCUT2D eigenvalue weighted by atomic mass is 10.4. The summed E-state index contributed by atoms with van der Waals surface area (Å²) in [6.45, 7) is 0. The summed E-state index contributed by atoms with van der Waals surface area (Å²) in [5.74, 6) is 0. The molecule has 0 aliphatic carbocycles. The van der Waals surface area contributed by atoms with Crippen molar-refractivity contribution in [3.05, 3.63) is 30.3 Å². The third-order valence-electron chi connectivity index (χ3n) is 1.51. The lowest BCUT2D eigenvalue weighted by Crippen LogP contribution is -2.48. The van der Waals surface area contributed by atoms with E-state index in [0.717, 1.165) is 0 Å². The quantitative estimate of drug-likeness (QED) is 0.509. The first kappa shape index (κ1) is 6.29. The van der Waals surface area contributed by atoms with Crippen LogP contribution < -0.4 is 5.19 Å². The minimum Gasteiger partial charge on any atom is -0.419 e. The Bertz CT molecular complexity index is 210. The fourth-order valence-electron chi connectivity index (χ4n) is 0.939. The maximum absolute atomic E-state index is 5.37. The first-order chi connectivity index (χ1) is 4.97. The van der Waals surface area contributed by atoms with E-state index in [0.29, 0.717) is 0 Å². The Hall–Kier alpha value is -0.426. The van der Waals surface area contributed by atoms with Gasteiger partial charge in [-0.25, -0.2) is 0 Å². The number of benzene rings is 1. The van der Waals surface area contributed by atoms with Crippen molar-refractivity contribution >= 4 is 24.5 Å². The molecule has 52 valence electrons. The fraction of sp³-hybridized carbons (Fsp3) is 0. The molecule has 1 aromatic rings. The number of hydrogen-bond donors (Lipinski definition) is 0. The van der Waals surface area contributed by atoms with Crippen molar-refractivity contribution in [2.75, 3.05) is 0 Å². The molecule has 1 heterocycles. The number of hydrogen-bond acceptors (Lipinski definition) is 2. The molecule has 1 fully saturated rings. The Labute approximate surface area is 63.7 Å². The Balaban J connectivity index is 2.18. The van der Waals surface area contributed by atoms with Crippen LogP contribution >= 0.6 is 0 Å². The molecule has 10 heavy (non-hydrogen) atoms. The van der Waals surface area contributed by atoms with Gasteiger partial charge in [-0.3, -0.25) is 0 Å². The van der Waals surface area contributed by atoms with E-state index in [1.165, 1.54) is 5.19 Å². The smallest absolute Gasteiger partial charge is 0.337 e. The third kappa shape index (κ3) is 1.06. The summed E-state index contributed by atoms with van der Waals surface area (Å²) in [6, 6.07) is 10.2. The molecule has 0 bridgehead atoms. The Kier molecular flexibility index (Phi) is 1.68. The Morgan fingerprint density at radius 2 is 1.80 bits per heavy atom. The zero-order valence-corrected chi connectivity index (χ0v) is 8.06. The maximum atomic E-state index is 5.37. The minimum absolute atomic E-state index is 0.525. The van der Waals surface area contributed by atoms with Crippen LogP contribution in [0.25, 0.3) is 0 Å². The van der Waals surface area contributed by atoms with E-state index in [9.17, 15) is 0 Å². The molecule has 2 nitrogen and oxygen atoms in total. The highest BCUT2D eigenvalue weighted by atomic mass is 28.4. The summed E-state index contributed by atoms with van der Waals surface area (Å²) in [7, 11) is -1.82. The van der Waals surface area contributed by atoms with Gasteiger partial charge >= 0.3 is 9.28 Å². The topological polar surface area (TPSA) is 18.5 Å². The zero-order valence-electron chi connectivity index (χ0n) is 5.49. The molecule has 0 spiro atoms. The van der Waals surface area contributed by atoms with Crippen LogP contribution in [0.4, 0.5) is 0 Å². The Morgan fingerprint density at radius 3 is 2.30 bits per heavy atom. The molecule has 1 aromatic carbocycles. The molecule has 0 unspecified atom stereocenters. The molecule has 0 amide bonds. The summed E-state index contributed by atoms with van der Waals surface area (Å²) in [4.78, 5) is 0. The van der Waals surface area contributed by atoms with Gasteiger partial charge in [0.05, 0.1) is 0 Å². The van der Waals surface area contributed by atoms with Crippen LogP contribution in [-0.4, -0.2) is 19.3 Å². The fourth-order valence-corrected chi connectivity index (χ4v) is 4.10. The normalized spacial score (nSPS) is 26.2. The summed E-state index contributed by atoms with van der Waals surface area (Å²) in [5.41, 5.74) is 0. The predicted molar refractivity (Wildman–Crippen MR) is 43.9 cm³/mol. The third-order valence-corrected chi connectivity index (χ3v) is 5.95. The number of rotatable bonds is 1. The summed E-state index contributed by atoms with van der Waals surface area (Å²) < 4.78 is 10.7. The van der Waals surface area contributed by atoms with Crippen LogP contribution in [0, 0.1) is 0 Å². The molecule has 1 saturated heterocycles. The van der Waals surface area contributed by atoms with Gasteiger partial charge in [-0.15, -0.1) is 0 Å². The second kappa shape index (κ2) is 2.67. The molecule has 0 saturated carbocycles.